The fraction of sp³-hybridized carbons (Fsp3) is 0.667. The van der Waals surface area contributed by atoms with Crippen molar-refractivity contribution in [1.82, 2.24) is 4.98 Å². The highest BCUT2D eigenvalue weighted by atomic mass is 32.1. The maximum atomic E-state index is 11.7. The number of carbonyl (C=O) groups excluding carboxylic acids is 2. The molecule has 0 unspecified atom stereocenters. The van der Waals surface area contributed by atoms with Crippen LogP contribution in [0, 0.1) is 5.41 Å². The highest BCUT2D eigenvalue weighted by Gasteiger charge is 2.31. The van der Waals surface area contributed by atoms with E-state index in [0.717, 1.165) is 31.1 Å². The van der Waals surface area contributed by atoms with Gasteiger partial charge in [-0.15, -0.1) is 0 Å². The molecule has 2 rings (SSSR count). The van der Waals surface area contributed by atoms with Crippen LogP contribution < -0.4 is 4.90 Å². The van der Waals surface area contributed by atoms with E-state index in [9.17, 15) is 9.59 Å². The van der Waals surface area contributed by atoms with Crippen molar-refractivity contribution in [3.05, 3.63) is 10.6 Å². The van der Waals surface area contributed by atoms with Gasteiger partial charge in [0.15, 0.2) is 16.6 Å². The van der Waals surface area contributed by atoms with Crippen LogP contribution in [0.4, 0.5) is 5.13 Å². The predicted octanol–water partition coefficient (Wildman–Crippen LogP) is 3.15. The Hall–Kier alpha value is -1.43. The fourth-order valence-electron chi connectivity index (χ4n) is 2.51. The van der Waals surface area contributed by atoms with E-state index < -0.39 is 5.97 Å². The molecular formula is C15H22N2O3S. The van der Waals surface area contributed by atoms with Gasteiger partial charge < -0.3 is 9.64 Å². The molecule has 21 heavy (non-hydrogen) atoms. The molecule has 1 fully saturated rings. The van der Waals surface area contributed by atoms with Gasteiger partial charge in [0, 0.05) is 20.0 Å². The molecule has 0 amide bonds. The van der Waals surface area contributed by atoms with Crippen LogP contribution in [-0.2, 0) is 4.74 Å². The molecule has 1 aromatic heterocycles. The van der Waals surface area contributed by atoms with E-state index in [1.807, 2.05) is 0 Å². The SMILES string of the molecule is CCC1(C)CCN(c2nc(C(=O)OC)c(C(C)=O)s2)CC1. The normalized spacial score (nSPS) is 17.6. The molecule has 0 spiro atoms. The Kier molecular flexibility index (Phi) is 4.66. The minimum atomic E-state index is -0.543. The number of esters is 1. The van der Waals surface area contributed by atoms with Gasteiger partial charge in [-0.1, -0.05) is 31.6 Å². The minimum Gasteiger partial charge on any atom is -0.464 e. The van der Waals surface area contributed by atoms with E-state index in [0.29, 0.717) is 10.3 Å². The molecule has 0 atom stereocenters. The molecule has 6 heteroatoms. The number of thiazole rings is 1. The number of methoxy groups -OCH3 is 1. The van der Waals surface area contributed by atoms with Gasteiger partial charge in [0.1, 0.15) is 4.88 Å². The maximum Gasteiger partial charge on any atom is 0.358 e. The number of carbonyl (C=O) groups is 2. The summed E-state index contributed by atoms with van der Waals surface area (Å²) in [6.45, 7) is 7.81. The van der Waals surface area contributed by atoms with Crippen LogP contribution in [0.1, 0.15) is 60.2 Å². The van der Waals surface area contributed by atoms with Crippen molar-refractivity contribution in [1.29, 1.82) is 0 Å². The number of hydrogen-bond acceptors (Lipinski definition) is 6. The number of piperidine rings is 1. The Morgan fingerprint density at radius 3 is 2.48 bits per heavy atom. The summed E-state index contributed by atoms with van der Waals surface area (Å²) >= 11 is 1.29. The molecule has 1 aliphatic heterocycles. The molecule has 2 heterocycles. The number of anilines is 1. The third-order valence-electron chi connectivity index (χ3n) is 4.41. The minimum absolute atomic E-state index is 0.144. The van der Waals surface area contributed by atoms with Crippen LogP contribution in [0.5, 0.6) is 0 Å². The van der Waals surface area contributed by atoms with Gasteiger partial charge in [-0.3, -0.25) is 4.79 Å². The molecule has 0 bridgehead atoms. The van der Waals surface area contributed by atoms with Gasteiger partial charge in [-0.2, -0.15) is 0 Å². The van der Waals surface area contributed by atoms with Crippen molar-refractivity contribution in [3.8, 4) is 0 Å². The number of Topliss-reactive ketones (excluding diaryl/α,β-unsaturated/α-hetero) is 1. The van der Waals surface area contributed by atoms with Gasteiger partial charge in [0.05, 0.1) is 7.11 Å². The Labute approximate surface area is 129 Å². The number of ketones is 1. The van der Waals surface area contributed by atoms with Crippen molar-refractivity contribution >= 4 is 28.2 Å². The van der Waals surface area contributed by atoms with Gasteiger partial charge in [0.25, 0.3) is 0 Å². The topological polar surface area (TPSA) is 59.5 Å². The summed E-state index contributed by atoms with van der Waals surface area (Å²) in [5.74, 6) is -0.687. The molecule has 0 aliphatic carbocycles. The molecule has 0 aromatic carbocycles. The zero-order valence-corrected chi connectivity index (χ0v) is 13.9. The maximum absolute atomic E-state index is 11.7. The summed E-state index contributed by atoms with van der Waals surface area (Å²) in [5, 5.41) is 0.749. The first-order chi connectivity index (χ1) is 9.90. The average Bonchev–Trinajstić information content (AvgIpc) is 2.92. The van der Waals surface area contributed by atoms with Crippen molar-refractivity contribution in [2.45, 2.75) is 40.0 Å². The van der Waals surface area contributed by atoms with Crippen molar-refractivity contribution in [2.75, 3.05) is 25.1 Å². The molecule has 1 aromatic rings. The first kappa shape index (κ1) is 15.9. The number of nitrogens with zero attached hydrogens (tertiary/aromatic N) is 2. The van der Waals surface area contributed by atoms with E-state index in [2.05, 4.69) is 23.7 Å². The highest BCUT2D eigenvalue weighted by Crippen LogP contribution is 2.37. The predicted molar refractivity (Wildman–Crippen MR) is 83.3 cm³/mol. The van der Waals surface area contributed by atoms with Crippen molar-refractivity contribution in [3.63, 3.8) is 0 Å². The molecule has 116 valence electrons. The molecule has 0 N–H and O–H groups in total. The molecule has 1 saturated heterocycles. The summed E-state index contributed by atoms with van der Waals surface area (Å²) < 4.78 is 4.71. The monoisotopic (exact) mass is 310 g/mol. The van der Waals surface area contributed by atoms with Gasteiger partial charge in [-0.05, 0) is 18.3 Å². The molecule has 0 saturated carbocycles. The summed E-state index contributed by atoms with van der Waals surface area (Å²) in [5.41, 5.74) is 0.538. The number of hydrogen-bond donors (Lipinski definition) is 0. The largest absolute Gasteiger partial charge is 0.464 e. The zero-order valence-electron chi connectivity index (χ0n) is 13.1. The Balaban J connectivity index is 2.22. The van der Waals surface area contributed by atoms with E-state index in [-0.39, 0.29) is 11.5 Å². The van der Waals surface area contributed by atoms with Crippen LogP contribution in [0.25, 0.3) is 0 Å². The first-order valence-corrected chi connectivity index (χ1v) is 8.07. The van der Waals surface area contributed by atoms with Crippen molar-refractivity contribution < 1.29 is 14.3 Å². The first-order valence-electron chi connectivity index (χ1n) is 7.25. The lowest BCUT2D eigenvalue weighted by Gasteiger charge is -2.38. The molecular weight excluding hydrogens is 288 g/mol. The van der Waals surface area contributed by atoms with Gasteiger partial charge in [0.2, 0.25) is 0 Å². The quantitative estimate of drug-likeness (QED) is 0.631. The molecule has 5 nitrogen and oxygen atoms in total. The molecule has 0 radical (unpaired) electrons. The Morgan fingerprint density at radius 2 is 2.00 bits per heavy atom. The van der Waals surface area contributed by atoms with E-state index in [4.69, 9.17) is 4.74 Å². The smallest absolute Gasteiger partial charge is 0.358 e. The van der Waals surface area contributed by atoms with Crippen LogP contribution in [0.3, 0.4) is 0 Å². The lowest BCUT2D eigenvalue weighted by atomic mass is 9.78. The van der Waals surface area contributed by atoms with E-state index in [1.54, 1.807) is 0 Å². The lowest BCUT2D eigenvalue weighted by molar-refractivity contribution is 0.0591. The third-order valence-corrected chi connectivity index (χ3v) is 5.63. The number of ether oxygens (including phenoxy) is 1. The zero-order chi connectivity index (χ0) is 15.6. The van der Waals surface area contributed by atoms with Crippen LogP contribution >= 0.6 is 11.3 Å². The summed E-state index contributed by atoms with van der Waals surface area (Å²) in [6.07, 6.45) is 3.38. The summed E-state index contributed by atoms with van der Waals surface area (Å²) in [7, 11) is 1.30. The Bertz CT molecular complexity index is 545. The van der Waals surface area contributed by atoms with Crippen molar-refractivity contribution in [2.24, 2.45) is 5.41 Å². The fourth-order valence-corrected chi connectivity index (χ4v) is 3.51. The molecule has 1 aliphatic rings. The standard InChI is InChI=1S/C15H22N2O3S/c1-5-15(3)6-8-17(9-7-15)14-16-11(13(19)20-4)12(21-14)10(2)18/h5-9H2,1-4H3. The van der Waals surface area contributed by atoms with Crippen LogP contribution in [-0.4, -0.2) is 36.9 Å². The summed E-state index contributed by atoms with van der Waals surface area (Å²) in [6, 6.07) is 0. The second-order valence-corrected chi connectivity index (χ2v) is 6.85. The summed E-state index contributed by atoms with van der Waals surface area (Å²) in [4.78, 5) is 30.3. The van der Waals surface area contributed by atoms with Gasteiger partial charge >= 0.3 is 5.97 Å². The second-order valence-electron chi connectivity index (χ2n) is 5.87. The van der Waals surface area contributed by atoms with Crippen LogP contribution in [0.2, 0.25) is 0 Å². The average molecular weight is 310 g/mol. The third kappa shape index (κ3) is 3.26. The van der Waals surface area contributed by atoms with E-state index in [1.165, 1.54) is 31.8 Å². The lowest BCUT2D eigenvalue weighted by Crippen LogP contribution is -2.38. The highest BCUT2D eigenvalue weighted by molar-refractivity contribution is 7.17. The van der Waals surface area contributed by atoms with Gasteiger partial charge in [-0.25, -0.2) is 9.78 Å². The number of aromatic nitrogens is 1. The number of rotatable bonds is 4. The Morgan fingerprint density at radius 1 is 1.38 bits per heavy atom. The van der Waals surface area contributed by atoms with Crippen LogP contribution in [0.15, 0.2) is 0 Å². The second kappa shape index (κ2) is 6.13. The van der Waals surface area contributed by atoms with E-state index >= 15 is 0 Å².